The van der Waals surface area contributed by atoms with Crippen LogP contribution in [0.15, 0.2) is 22.7 Å². The van der Waals surface area contributed by atoms with Gasteiger partial charge in [0, 0.05) is 0 Å². The molecule has 1 aromatic rings. The molecule has 4 nitrogen and oxygen atoms in total. The zero-order valence-corrected chi connectivity index (χ0v) is 11.3. The van der Waals surface area contributed by atoms with Crippen molar-refractivity contribution in [2.24, 2.45) is 0 Å². The molecular weight excluding hydrogens is 326 g/mol. The molecule has 0 aromatic heterocycles. The standard InChI is InChI=1S/C12H11BrF2O4/c13-6-2-1-3-7(18-11(14)8-4-16-8)10(6)19-12(15)9-5-17-9/h1-3,8-9,11-12H,4-5H2. The van der Waals surface area contributed by atoms with Crippen LogP contribution < -0.4 is 9.47 Å². The summed E-state index contributed by atoms with van der Waals surface area (Å²) in [5.74, 6) is 0.245. The van der Waals surface area contributed by atoms with E-state index >= 15 is 0 Å². The van der Waals surface area contributed by atoms with Gasteiger partial charge in [0.15, 0.2) is 11.5 Å². The topological polar surface area (TPSA) is 43.5 Å². The summed E-state index contributed by atoms with van der Waals surface area (Å²) < 4.78 is 47.5. The first-order valence-corrected chi connectivity index (χ1v) is 6.57. The number of hydrogen-bond donors (Lipinski definition) is 0. The Labute approximate surface area is 116 Å². The Hall–Kier alpha value is -0.920. The van der Waals surface area contributed by atoms with E-state index in [1.807, 2.05) is 0 Å². The summed E-state index contributed by atoms with van der Waals surface area (Å²) in [6, 6.07) is 4.81. The first-order chi connectivity index (χ1) is 9.15. The molecular formula is C12H11BrF2O4. The molecule has 19 heavy (non-hydrogen) atoms. The van der Waals surface area contributed by atoms with Crippen LogP contribution in [0.25, 0.3) is 0 Å². The minimum atomic E-state index is -1.60. The molecule has 1 aromatic carbocycles. The molecule has 4 atom stereocenters. The van der Waals surface area contributed by atoms with Gasteiger partial charge >= 0.3 is 0 Å². The van der Waals surface area contributed by atoms with Crippen molar-refractivity contribution in [1.82, 2.24) is 0 Å². The molecule has 2 saturated heterocycles. The molecule has 0 radical (unpaired) electrons. The SMILES string of the molecule is FC(Oc1cccc(Br)c1OC(F)C1CO1)C1CO1. The van der Waals surface area contributed by atoms with Crippen molar-refractivity contribution in [3.05, 3.63) is 22.7 Å². The molecule has 0 aliphatic carbocycles. The molecule has 2 aliphatic heterocycles. The molecule has 104 valence electrons. The third-order valence-corrected chi connectivity index (χ3v) is 3.33. The van der Waals surface area contributed by atoms with Gasteiger partial charge in [-0.1, -0.05) is 6.07 Å². The Bertz CT molecular complexity index is 465. The number of para-hydroxylation sites is 1. The predicted octanol–water partition coefficient (Wildman–Crippen LogP) is 2.60. The second-order valence-electron chi connectivity index (χ2n) is 4.25. The zero-order valence-electron chi connectivity index (χ0n) is 9.72. The van der Waals surface area contributed by atoms with Gasteiger partial charge in [0.05, 0.1) is 17.7 Å². The lowest BCUT2D eigenvalue weighted by molar-refractivity contribution is 0.0165. The summed E-state index contributed by atoms with van der Waals surface area (Å²) in [6.07, 6.45) is -4.31. The van der Waals surface area contributed by atoms with E-state index in [1.165, 1.54) is 6.07 Å². The van der Waals surface area contributed by atoms with Crippen LogP contribution in [0.4, 0.5) is 8.78 Å². The van der Waals surface area contributed by atoms with E-state index in [4.69, 9.17) is 18.9 Å². The van der Waals surface area contributed by atoms with E-state index in [0.717, 1.165) is 0 Å². The van der Waals surface area contributed by atoms with Gasteiger partial charge in [-0.3, -0.25) is 0 Å². The van der Waals surface area contributed by atoms with E-state index in [2.05, 4.69) is 15.9 Å². The van der Waals surface area contributed by atoms with Crippen LogP contribution in [0, 0.1) is 0 Å². The van der Waals surface area contributed by atoms with E-state index in [9.17, 15) is 8.78 Å². The van der Waals surface area contributed by atoms with Gasteiger partial charge in [0.2, 0.25) is 0 Å². The van der Waals surface area contributed by atoms with Crippen molar-refractivity contribution < 1.29 is 27.7 Å². The maximum Gasteiger partial charge on any atom is 0.266 e. The first-order valence-electron chi connectivity index (χ1n) is 5.78. The van der Waals surface area contributed by atoms with Crippen LogP contribution >= 0.6 is 15.9 Å². The fraction of sp³-hybridized carbons (Fsp3) is 0.500. The molecule has 0 bridgehead atoms. The number of hydrogen-bond acceptors (Lipinski definition) is 4. The molecule has 0 N–H and O–H groups in total. The van der Waals surface area contributed by atoms with Gasteiger partial charge in [-0.15, -0.1) is 0 Å². The summed E-state index contributed by atoms with van der Waals surface area (Å²) in [6.45, 7) is 0.649. The summed E-state index contributed by atoms with van der Waals surface area (Å²) in [5.41, 5.74) is 0. The van der Waals surface area contributed by atoms with Crippen molar-refractivity contribution >= 4 is 15.9 Å². The molecule has 0 saturated carbocycles. The number of rotatable bonds is 6. The summed E-state index contributed by atoms with van der Waals surface area (Å²) >= 11 is 3.22. The van der Waals surface area contributed by atoms with E-state index in [-0.39, 0.29) is 11.5 Å². The summed E-state index contributed by atoms with van der Waals surface area (Å²) in [4.78, 5) is 0. The van der Waals surface area contributed by atoms with Gasteiger partial charge in [0.1, 0.15) is 12.2 Å². The summed E-state index contributed by atoms with van der Waals surface area (Å²) in [5, 5.41) is 0. The minimum absolute atomic E-state index is 0.119. The number of benzene rings is 1. The molecule has 2 fully saturated rings. The highest BCUT2D eigenvalue weighted by atomic mass is 79.9. The van der Waals surface area contributed by atoms with Gasteiger partial charge in [-0.2, -0.15) is 8.78 Å². The molecule has 3 rings (SSSR count). The molecule has 2 heterocycles. The maximum atomic E-state index is 13.6. The van der Waals surface area contributed by atoms with Crippen LogP contribution in [-0.2, 0) is 9.47 Å². The highest BCUT2D eigenvalue weighted by Crippen LogP contribution is 2.38. The number of ether oxygens (including phenoxy) is 4. The lowest BCUT2D eigenvalue weighted by Crippen LogP contribution is -2.20. The quantitative estimate of drug-likeness (QED) is 0.749. The molecule has 0 spiro atoms. The second kappa shape index (κ2) is 5.22. The Morgan fingerprint density at radius 1 is 1.11 bits per heavy atom. The van der Waals surface area contributed by atoms with Crippen molar-refractivity contribution in [3.63, 3.8) is 0 Å². The van der Waals surface area contributed by atoms with E-state index in [1.54, 1.807) is 12.1 Å². The maximum absolute atomic E-state index is 13.6. The predicted molar refractivity (Wildman–Crippen MR) is 64.7 cm³/mol. The Morgan fingerprint density at radius 2 is 1.68 bits per heavy atom. The van der Waals surface area contributed by atoms with E-state index in [0.29, 0.717) is 17.7 Å². The second-order valence-corrected chi connectivity index (χ2v) is 5.10. The first kappa shape index (κ1) is 13.1. The molecule has 0 amide bonds. The number of halogens is 3. The van der Waals surface area contributed by atoms with Crippen LogP contribution in [0.5, 0.6) is 11.5 Å². The van der Waals surface area contributed by atoms with Crippen molar-refractivity contribution in [1.29, 1.82) is 0 Å². The van der Waals surface area contributed by atoms with Gasteiger partial charge in [0.25, 0.3) is 12.7 Å². The highest BCUT2D eigenvalue weighted by Gasteiger charge is 2.37. The fourth-order valence-electron chi connectivity index (χ4n) is 1.50. The van der Waals surface area contributed by atoms with Crippen LogP contribution in [0.1, 0.15) is 0 Å². The molecule has 7 heteroatoms. The van der Waals surface area contributed by atoms with E-state index < -0.39 is 24.9 Å². The normalized spacial score (nSPS) is 27.5. The Kier molecular flexibility index (Phi) is 3.60. The Balaban J connectivity index is 1.75. The highest BCUT2D eigenvalue weighted by molar-refractivity contribution is 9.10. The van der Waals surface area contributed by atoms with Gasteiger partial charge in [-0.25, -0.2) is 0 Å². The van der Waals surface area contributed by atoms with Crippen molar-refractivity contribution in [2.75, 3.05) is 13.2 Å². The monoisotopic (exact) mass is 336 g/mol. The van der Waals surface area contributed by atoms with Gasteiger partial charge < -0.3 is 18.9 Å². The minimum Gasteiger partial charge on any atom is -0.454 e. The number of epoxide rings is 2. The van der Waals surface area contributed by atoms with Crippen molar-refractivity contribution in [2.45, 2.75) is 24.9 Å². The Morgan fingerprint density at radius 3 is 2.26 bits per heavy atom. The molecule has 4 unspecified atom stereocenters. The fourth-order valence-corrected chi connectivity index (χ4v) is 1.94. The third kappa shape index (κ3) is 3.16. The van der Waals surface area contributed by atoms with Crippen LogP contribution in [0.2, 0.25) is 0 Å². The average molecular weight is 337 g/mol. The molecule has 2 aliphatic rings. The average Bonchev–Trinajstić information content (AvgIpc) is 3.26. The zero-order chi connectivity index (χ0) is 13.4. The smallest absolute Gasteiger partial charge is 0.266 e. The summed E-state index contributed by atoms with van der Waals surface area (Å²) in [7, 11) is 0. The number of alkyl halides is 2. The largest absolute Gasteiger partial charge is 0.454 e. The van der Waals surface area contributed by atoms with Crippen LogP contribution in [-0.4, -0.2) is 38.1 Å². The third-order valence-electron chi connectivity index (χ3n) is 2.70. The lowest BCUT2D eigenvalue weighted by Gasteiger charge is -2.16. The van der Waals surface area contributed by atoms with Gasteiger partial charge in [-0.05, 0) is 28.1 Å². The van der Waals surface area contributed by atoms with Crippen LogP contribution in [0.3, 0.4) is 0 Å². The van der Waals surface area contributed by atoms with Crippen molar-refractivity contribution in [3.8, 4) is 11.5 Å². The lowest BCUT2D eigenvalue weighted by atomic mass is 10.3.